The largest absolute Gasteiger partial charge is 0.456 e. The molecular formula is C7H8O3. The fourth-order valence-electron chi connectivity index (χ4n) is 1.46. The SMILES string of the molecule is O=C1O[C@@H]2C=CC[C@H]2[C@H]1O. The molecule has 10 heavy (non-hydrogen) atoms. The Kier molecular flexibility index (Phi) is 1.08. The van der Waals surface area contributed by atoms with E-state index in [1.165, 1.54) is 0 Å². The van der Waals surface area contributed by atoms with Crippen LogP contribution in [0.2, 0.25) is 0 Å². The first-order valence-electron chi connectivity index (χ1n) is 3.34. The Morgan fingerprint density at radius 2 is 2.50 bits per heavy atom. The number of allylic oxidation sites excluding steroid dienone is 1. The molecule has 0 aromatic heterocycles. The molecule has 0 aromatic rings. The number of hydrogen-bond acceptors (Lipinski definition) is 3. The average Bonchev–Trinajstić information content (AvgIpc) is 2.41. The summed E-state index contributed by atoms with van der Waals surface area (Å²) in [4.78, 5) is 10.7. The average molecular weight is 140 g/mol. The summed E-state index contributed by atoms with van der Waals surface area (Å²) in [5.74, 6) is -0.480. The van der Waals surface area contributed by atoms with Crippen LogP contribution in [0.15, 0.2) is 12.2 Å². The lowest BCUT2D eigenvalue weighted by Crippen LogP contribution is -2.21. The number of carbonyl (C=O) groups is 1. The van der Waals surface area contributed by atoms with Crippen molar-refractivity contribution in [2.75, 3.05) is 0 Å². The van der Waals surface area contributed by atoms with Gasteiger partial charge >= 0.3 is 5.97 Å². The molecule has 54 valence electrons. The number of ether oxygens (including phenoxy) is 1. The van der Waals surface area contributed by atoms with E-state index >= 15 is 0 Å². The molecule has 0 unspecified atom stereocenters. The van der Waals surface area contributed by atoms with Crippen molar-refractivity contribution in [1.82, 2.24) is 0 Å². The summed E-state index contributed by atoms with van der Waals surface area (Å²) in [6.45, 7) is 0. The molecule has 1 saturated heterocycles. The topological polar surface area (TPSA) is 46.5 Å². The molecule has 3 heteroatoms. The minimum atomic E-state index is -0.889. The number of esters is 1. The van der Waals surface area contributed by atoms with Crippen LogP contribution in [0.4, 0.5) is 0 Å². The van der Waals surface area contributed by atoms with Crippen molar-refractivity contribution in [3.05, 3.63) is 12.2 Å². The van der Waals surface area contributed by atoms with E-state index in [-0.39, 0.29) is 12.0 Å². The second-order valence-electron chi connectivity index (χ2n) is 2.67. The Bertz CT molecular complexity index is 197. The molecule has 0 aromatic carbocycles. The molecule has 0 spiro atoms. The molecule has 1 heterocycles. The number of aliphatic hydroxyl groups is 1. The van der Waals surface area contributed by atoms with E-state index in [9.17, 15) is 4.79 Å². The van der Waals surface area contributed by atoms with E-state index in [1.807, 2.05) is 12.2 Å². The first kappa shape index (κ1) is 5.92. The van der Waals surface area contributed by atoms with Crippen LogP contribution in [0.1, 0.15) is 6.42 Å². The van der Waals surface area contributed by atoms with Crippen LogP contribution in [0.25, 0.3) is 0 Å². The minimum absolute atomic E-state index is 0.00694. The van der Waals surface area contributed by atoms with Crippen molar-refractivity contribution in [3.63, 3.8) is 0 Å². The zero-order valence-corrected chi connectivity index (χ0v) is 5.36. The summed E-state index contributed by atoms with van der Waals surface area (Å²) in [6.07, 6.45) is 3.49. The maximum Gasteiger partial charge on any atom is 0.336 e. The van der Waals surface area contributed by atoms with E-state index in [4.69, 9.17) is 9.84 Å². The maximum atomic E-state index is 10.7. The molecule has 0 radical (unpaired) electrons. The summed E-state index contributed by atoms with van der Waals surface area (Å²) in [5.41, 5.74) is 0. The van der Waals surface area contributed by atoms with Crippen molar-refractivity contribution in [1.29, 1.82) is 0 Å². The summed E-state index contributed by atoms with van der Waals surface area (Å²) in [5, 5.41) is 9.15. The monoisotopic (exact) mass is 140 g/mol. The van der Waals surface area contributed by atoms with Gasteiger partial charge in [-0.15, -0.1) is 0 Å². The highest BCUT2D eigenvalue weighted by Crippen LogP contribution is 2.31. The summed E-state index contributed by atoms with van der Waals surface area (Å²) < 4.78 is 4.82. The zero-order valence-electron chi connectivity index (χ0n) is 5.36. The molecule has 1 aliphatic carbocycles. The second kappa shape index (κ2) is 1.83. The molecule has 0 amide bonds. The Hall–Kier alpha value is -0.830. The van der Waals surface area contributed by atoms with Crippen LogP contribution in [-0.2, 0) is 9.53 Å². The van der Waals surface area contributed by atoms with Crippen molar-refractivity contribution >= 4 is 5.97 Å². The first-order valence-corrected chi connectivity index (χ1v) is 3.34. The number of fused-ring (bicyclic) bond motifs is 1. The smallest absolute Gasteiger partial charge is 0.336 e. The number of carbonyl (C=O) groups excluding carboxylic acids is 1. The van der Waals surface area contributed by atoms with E-state index < -0.39 is 12.1 Å². The van der Waals surface area contributed by atoms with Gasteiger partial charge in [-0.05, 0) is 12.5 Å². The van der Waals surface area contributed by atoms with Gasteiger partial charge < -0.3 is 9.84 Å². The molecule has 3 atom stereocenters. The predicted molar refractivity (Wildman–Crippen MR) is 33.1 cm³/mol. The summed E-state index contributed by atoms with van der Waals surface area (Å²) in [6, 6.07) is 0. The zero-order chi connectivity index (χ0) is 7.14. The molecule has 1 N–H and O–H groups in total. The highest BCUT2D eigenvalue weighted by molar-refractivity contribution is 5.77. The fraction of sp³-hybridized carbons (Fsp3) is 0.571. The predicted octanol–water partition coefficient (Wildman–Crippen LogP) is -0.151. The van der Waals surface area contributed by atoms with E-state index in [1.54, 1.807) is 0 Å². The molecule has 3 nitrogen and oxygen atoms in total. The number of hydrogen-bond donors (Lipinski definition) is 1. The normalized spacial score (nSPS) is 43.7. The van der Waals surface area contributed by atoms with Gasteiger partial charge in [-0.1, -0.05) is 6.08 Å². The Morgan fingerprint density at radius 3 is 3.20 bits per heavy atom. The molecule has 0 bridgehead atoms. The van der Waals surface area contributed by atoms with Gasteiger partial charge in [-0.2, -0.15) is 0 Å². The van der Waals surface area contributed by atoms with Gasteiger partial charge in [-0.25, -0.2) is 4.79 Å². The van der Waals surface area contributed by atoms with Crippen molar-refractivity contribution in [2.24, 2.45) is 5.92 Å². The van der Waals surface area contributed by atoms with Crippen LogP contribution in [0.3, 0.4) is 0 Å². The van der Waals surface area contributed by atoms with Gasteiger partial charge in [0, 0.05) is 5.92 Å². The van der Waals surface area contributed by atoms with Crippen LogP contribution < -0.4 is 0 Å². The van der Waals surface area contributed by atoms with E-state index in [2.05, 4.69) is 0 Å². The third-order valence-electron chi connectivity index (χ3n) is 2.06. The maximum absolute atomic E-state index is 10.7. The standard InChI is InChI=1S/C7H8O3/c8-6-4-2-1-3-5(4)10-7(6)9/h1,3-6,8H,2H2/t4-,5-,6-/m1/s1. The molecule has 1 fully saturated rings. The molecule has 1 aliphatic heterocycles. The number of aliphatic hydroxyl groups excluding tert-OH is 1. The highest BCUT2D eigenvalue weighted by atomic mass is 16.6. The second-order valence-corrected chi connectivity index (χ2v) is 2.67. The Labute approximate surface area is 58.3 Å². The molecule has 0 saturated carbocycles. The van der Waals surface area contributed by atoms with Gasteiger partial charge in [0.2, 0.25) is 0 Å². The summed E-state index contributed by atoms with van der Waals surface area (Å²) in [7, 11) is 0. The molecular weight excluding hydrogens is 132 g/mol. The van der Waals surface area contributed by atoms with Gasteiger partial charge in [-0.3, -0.25) is 0 Å². The van der Waals surface area contributed by atoms with Crippen LogP contribution in [0, 0.1) is 5.92 Å². The Morgan fingerprint density at radius 1 is 1.70 bits per heavy atom. The first-order chi connectivity index (χ1) is 4.79. The third kappa shape index (κ3) is 0.609. The van der Waals surface area contributed by atoms with Gasteiger partial charge in [0.1, 0.15) is 6.10 Å². The van der Waals surface area contributed by atoms with Crippen molar-refractivity contribution in [2.45, 2.75) is 18.6 Å². The van der Waals surface area contributed by atoms with Crippen molar-refractivity contribution < 1.29 is 14.6 Å². The minimum Gasteiger partial charge on any atom is -0.456 e. The lowest BCUT2D eigenvalue weighted by atomic mass is 10.0. The fourth-order valence-corrected chi connectivity index (χ4v) is 1.46. The van der Waals surface area contributed by atoms with Crippen LogP contribution in [-0.4, -0.2) is 23.3 Å². The molecule has 2 aliphatic rings. The van der Waals surface area contributed by atoms with Crippen LogP contribution in [0.5, 0.6) is 0 Å². The lowest BCUT2D eigenvalue weighted by molar-refractivity contribution is -0.146. The summed E-state index contributed by atoms with van der Waals surface area (Å²) >= 11 is 0. The van der Waals surface area contributed by atoms with Gasteiger partial charge in [0.05, 0.1) is 0 Å². The quantitative estimate of drug-likeness (QED) is 0.376. The Balaban J connectivity index is 2.22. The third-order valence-corrected chi connectivity index (χ3v) is 2.06. The van der Waals surface area contributed by atoms with E-state index in [0.717, 1.165) is 6.42 Å². The molecule has 2 rings (SSSR count). The van der Waals surface area contributed by atoms with Crippen molar-refractivity contribution in [3.8, 4) is 0 Å². The lowest BCUT2D eigenvalue weighted by Gasteiger charge is -2.05. The van der Waals surface area contributed by atoms with Gasteiger partial charge in [0.25, 0.3) is 0 Å². The highest BCUT2D eigenvalue weighted by Gasteiger charge is 2.43. The van der Waals surface area contributed by atoms with Gasteiger partial charge in [0.15, 0.2) is 6.10 Å². The van der Waals surface area contributed by atoms with Crippen LogP contribution >= 0.6 is 0 Å². The van der Waals surface area contributed by atoms with E-state index in [0.29, 0.717) is 0 Å². The number of rotatable bonds is 0.